The van der Waals surface area contributed by atoms with Gasteiger partial charge in [0.1, 0.15) is 6.10 Å². The first kappa shape index (κ1) is 36.2. The number of aliphatic hydroxyl groups excluding tert-OH is 1. The molecule has 0 aliphatic carbocycles. The van der Waals surface area contributed by atoms with Crippen LogP contribution in [0.1, 0.15) is 54.0 Å². The Kier molecular flexibility index (Phi) is 11.8. The molecule has 0 amide bonds. The lowest BCUT2D eigenvalue weighted by Crippen LogP contribution is -2.68. The van der Waals surface area contributed by atoms with Gasteiger partial charge in [-0.15, -0.1) is 0 Å². The molecule has 2 aliphatic heterocycles. The van der Waals surface area contributed by atoms with Gasteiger partial charge in [-0.05, 0) is 39.3 Å². The van der Waals surface area contributed by atoms with Crippen LogP contribution in [0.15, 0.2) is 96.1 Å². The van der Waals surface area contributed by atoms with Gasteiger partial charge in [-0.25, -0.2) is 0 Å². The Labute approximate surface area is 286 Å². The molecule has 2 heterocycles. The zero-order chi connectivity index (χ0) is 34.5. The first-order chi connectivity index (χ1) is 23.0. The van der Waals surface area contributed by atoms with Gasteiger partial charge in [0.25, 0.3) is 8.32 Å². The van der Waals surface area contributed by atoms with Crippen molar-refractivity contribution in [3.05, 3.63) is 107 Å². The van der Waals surface area contributed by atoms with Crippen molar-refractivity contribution < 1.29 is 28.5 Å². The fourth-order valence-electron chi connectivity index (χ4n) is 7.41. The lowest BCUT2D eigenvalue weighted by atomic mass is 9.85. The molecule has 10 atom stereocenters. The van der Waals surface area contributed by atoms with Gasteiger partial charge in [0.2, 0.25) is 0 Å². The summed E-state index contributed by atoms with van der Waals surface area (Å²) in [4.78, 5) is 3.02. The number of nitrogens with zero attached hydrogens (tertiary/aromatic N) is 3. The summed E-state index contributed by atoms with van der Waals surface area (Å²) in [5, 5.41) is 17.0. The second-order valence-corrected chi connectivity index (χ2v) is 18.7. The molecule has 2 fully saturated rings. The Morgan fingerprint density at radius 3 is 1.90 bits per heavy atom. The van der Waals surface area contributed by atoms with Gasteiger partial charge >= 0.3 is 0 Å². The van der Waals surface area contributed by atoms with Crippen LogP contribution in [0.2, 0.25) is 5.04 Å². The lowest BCUT2D eigenvalue weighted by molar-refractivity contribution is -0.319. The molecule has 2 saturated heterocycles. The molecule has 0 spiro atoms. The fraction of sp³-hybridized carbons (Fsp3) is 0.526. The molecule has 0 bridgehead atoms. The molecule has 4 unspecified atom stereocenters. The SMILES string of the molecule is CC1O[C@@H](O[C@H]2C(CO[Si](c3ccccc3)(c3ccccc3)C(C)(C)C)O[C@H](O)C(N=[N+]=[N-])[C@H]2C)C(C)[C@H](OCc2ccccc2)[C@@H]1C. The van der Waals surface area contributed by atoms with Crippen LogP contribution in [0.5, 0.6) is 0 Å². The van der Waals surface area contributed by atoms with E-state index in [-0.39, 0.29) is 35.7 Å². The van der Waals surface area contributed by atoms with Crippen molar-refractivity contribution in [3.8, 4) is 0 Å². The van der Waals surface area contributed by atoms with E-state index in [1.54, 1.807) is 0 Å². The number of rotatable bonds is 11. The monoisotopic (exact) mass is 673 g/mol. The third kappa shape index (κ3) is 7.56. The second-order valence-electron chi connectivity index (χ2n) is 14.4. The Hall–Kier alpha value is -3.05. The minimum absolute atomic E-state index is 0.116. The normalized spacial score (nSPS) is 31.2. The van der Waals surface area contributed by atoms with E-state index in [1.165, 1.54) is 0 Å². The molecule has 5 rings (SSSR count). The third-order valence-corrected chi connectivity index (χ3v) is 15.2. The number of hydrogen-bond donors (Lipinski definition) is 1. The highest BCUT2D eigenvalue weighted by molar-refractivity contribution is 6.99. The maximum Gasteiger partial charge on any atom is 0.261 e. The zero-order valence-electron chi connectivity index (χ0n) is 29.2. The van der Waals surface area contributed by atoms with Crippen molar-refractivity contribution in [1.82, 2.24) is 0 Å². The summed E-state index contributed by atoms with van der Waals surface area (Å²) in [7, 11) is -2.93. The van der Waals surface area contributed by atoms with Crippen molar-refractivity contribution in [2.75, 3.05) is 6.61 Å². The van der Waals surface area contributed by atoms with Crippen molar-refractivity contribution >= 4 is 18.7 Å². The van der Waals surface area contributed by atoms with Crippen LogP contribution in [0.3, 0.4) is 0 Å². The van der Waals surface area contributed by atoms with Gasteiger partial charge in [0, 0.05) is 16.7 Å². The van der Waals surface area contributed by atoms with E-state index in [0.29, 0.717) is 6.61 Å². The minimum Gasteiger partial charge on any atom is -0.405 e. The van der Waals surface area contributed by atoms with Crippen molar-refractivity contribution in [2.45, 2.75) is 103 Å². The van der Waals surface area contributed by atoms with E-state index in [9.17, 15) is 10.6 Å². The van der Waals surface area contributed by atoms with Crippen LogP contribution >= 0.6 is 0 Å². The third-order valence-electron chi connectivity index (χ3n) is 10.2. The molecule has 10 heteroatoms. The maximum atomic E-state index is 11.1. The Morgan fingerprint density at radius 2 is 1.35 bits per heavy atom. The molecule has 258 valence electrons. The molecular formula is C38H51N3O6Si. The highest BCUT2D eigenvalue weighted by Crippen LogP contribution is 2.40. The predicted octanol–water partition coefficient (Wildman–Crippen LogP) is 6.58. The van der Waals surface area contributed by atoms with Gasteiger partial charge in [-0.3, -0.25) is 0 Å². The van der Waals surface area contributed by atoms with Crippen LogP contribution in [0, 0.1) is 17.8 Å². The molecule has 1 N–H and O–H groups in total. The van der Waals surface area contributed by atoms with Gasteiger partial charge in [-0.2, -0.15) is 0 Å². The average molecular weight is 674 g/mol. The number of azide groups is 1. The van der Waals surface area contributed by atoms with E-state index in [2.05, 4.69) is 105 Å². The average Bonchev–Trinajstić information content (AvgIpc) is 3.08. The van der Waals surface area contributed by atoms with Gasteiger partial charge in [-0.1, -0.05) is 138 Å². The van der Waals surface area contributed by atoms with Crippen LogP contribution < -0.4 is 10.4 Å². The summed E-state index contributed by atoms with van der Waals surface area (Å²) in [5.74, 6) is -0.377. The van der Waals surface area contributed by atoms with Crippen molar-refractivity contribution in [1.29, 1.82) is 0 Å². The van der Waals surface area contributed by atoms with E-state index in [1.807, 2.05) is 44.2 Å². The molecule has 3 aromatic carbocycles. The topological polar surface area (TPSA) is 115 Å². The standard InChI is InChI=1S/C38H51N3O6Si/c1-25-28(4)45-37(27(3)34(25)43-23-29-17-11-8-12-18-29)47-35-26(2)33(40-41-39)36(42)46-32(35)24-44-48(38(5,6)7,30-19-13-9-14-20-30)31-21-15-10-16-22-31/h8-22,25-28,32-37,42H,23-24H2,1-7H3/t25-,26-,27?,28?,32?,33?,34-,35-,36+,37+/m1/s1. The van der Waals surface area contributed by atoms with E-state index < -0.39 is 45.1 Å². The molecule has 3 aromatic rings. The first-order valence-electron chi connectivity index (χ1n) is 17.1. The van der Waals surface area contributed by atoms with E-state index in [0.717, 1.165) is 15.9 Å². The number of aliphatic hydroxyl groups is 1. The minimum atomic E-state index is -2.93. The Bertz CT molecular complexity index is 1450. The predicted molar refractivity (Wildman–Crippen MR) is 189 cm³/mol. The summed E-state index contributed by atoms with van der Waals surface area (Å²) < 4.78 is 33.4. The fourth-order valence-corrected chi connectivity index (χ4v) is 12.0. The summed E-state index contributed by atoms with van der Waals surface area (Å²) in [6.07, 6.45) is -3.46. The highest BCUT2D eigenvalue weighted by atomic mass is 28.4. The smallest absolute Gasteiger partial charge is 0.261 e. The molecule has 48 heavy (non-hydrogen) atoms. The molecular weight excluding hydrogens is 623 g/mol. The Morgan fingerprint density at radius 1 is 0.792 bits per heavy atom. The van der Waals surface area contributed by atoms with Crippen molar-refractivity contribution in [3.63, 3.8) is 0 Å². The zero-order valence-corrected chi connectivity index (χ0v) is 30.2. The summed E-state index contributed by atoms with van der Waals surface area (Å²) in [6.45, 7) is 15.5. The van der Waals surface area contributed by atoms with Crippen LogP contribution in [0.25, 0.3) is 10.4 Å². The molecule has 0 saturated carbocycles. The summed E-state index contributed by atoms with van der Waals surface area (Å²) in [5.41, 5.74) is 10.5. The molecule has 2 aliphatic rings. The molecule has 9 nitrogen and oxygen atoms in total. The lowest BCUT2D eigenvalue weighted by Gasteiger charge is -2.49. The van der Waals surface area contributed by atoms with E-state index in [4.69, 9.17) is 23.4 Å². The van der Waals surface area contributed by atoms with Crippen molar-refractivity contribution in [2.24, 2.45) is 22.9 Å². The number of ether oxygens (including phenoxy) is 4. The first-order valence-corrected chi connectivity index (χ1v) is 19.0. The van der Waals surface area contributed by atoms with Crippen LogP contribution in [0.4, 0.5) is 0 Å². The summed E-state index contributed by atoms with van der Waals surface area (Å²) in [6, 6.07) is 30.1. The second kappa shape index (κ2) is 15.7. The number of benzene rings is 3. The van der Waals surface area contributed by atoms with Gasteiger partial charge in [0.15, 0.2) is 12.6 Å². The number of hydrogen-bond acceptors (Lipinski definition) is 7. The molecule has 0 aromatic heterocycles. The quantitative estimate of drug-likeness (QED) is 0.106. The Balaban J connectivity index is 1.45. The largest absolute Gasteiger partial charge is 0.405 e. The van der Waals surface area contributed by atoms with Gasteiger partial charge in [0.05, 0.1) is 37.6 Å². The van der Waals surface area contributed by atoms with Crippen LogP contribution in [-0.2, 0) is 30.0 Å². The van der Waals surface area contributed by atoms with E-state index >= 15 is 0 Å². The summed E-state index contributed by atoms with van der Waals surface area (Å²) >= 11 is 0. The van der Waals surface area contributed by atoms with Crippen LogP contribution in [-0.4, -0.2) is 63.1 Å². The molecule has 0 radical (unpaired) electrons. The maximum absolute atomic E-state index is 11.1. The highest BCUT2D eigenvalue weighted by Gasteiger charge is 2.53. The van der Waals surface area contributed by atoms with Gasteiger partial charge < -0.3 is 28.5 Å².